The van der Waals surface area contributed by atoms with Crippen LogP contribution in [-0.2, 0) is 23.7 Å². The summed E-state index contributed by atoms with van der Waals surface area (Å²) in [5.74, 6) is 0. The Balaban J connectivity index is 1.76. The van der Waals surface area contributed by atoms with Crippen LogP contribution in [0.3, 0.4) is 0 Å². The molecule has 11 N–H and O–H groups in total. The SMILES string of the molecule is OC[C@H]1O[C@@H](O[C@@H]2[C@@H](O)[C@H](O[C@H]3O[C@H](CO)[C@@H](O)[C@H](O)[C@H]3O)[C@@H](CO)O[C@H]2O)[C@H](O)[C@@H](O)[C@@H]1O. The summed E-state index contributed by atoms with van der Waals surface area (Å²) in [7, 11) is 0. The fourth-order valence-corrected chi connectivity index (χ4v) is 4.04. The molecule has 3 saturated heterocycles. The van der Waals surface area contributed by atoms with Gasteiger partial charge in [-0.2, -0.15) is 0 Å². The molecule has 3 rings (SSSR count). The Morgan fingerprint density at radius 2 is 0.853 bits per heavy atom. The predicted molar refractivity (Wildman–Crippen MR) is 101 cm³/mol. The zero-order valence-corrected chi connectivity index (χ0v) is 17.7. The first-order chi connectivity index (χ1) is 16.0. The van der Waals surface area contributed by atoms with Gasteiger partial charge in [-0.1, -0.05) is 0 Å². The first kappa shape index (κ1) is 27.9. The molecule has 3 aliphatic rings. The Bertz CT molecular complexity index is 637. The molecule has 16 heteroatoms. The molecule has 0 aromatic rings. The summed E-state index contributed by atoms with van der Waals surface area (Å²) < 4.78 is 26.4. The first-order valence-corrected chi connectivity index (χ1v) is 10.6. The normalized spacial score (nSPS) is 52.5. The van der Waals surface area contributed by atoms with Crippen LogP contribution in [0.2, 0.25) is 0 Å². The lowest BCUT2D eigenvalue weighted by molar-refractivity contribution is -0.382. The van der Waals surface area contributed by atoms with E-state index in [9.17, 15) is 56.2 Å². The van der Waals surface area contributed by atoms with Crippen molar-refractivity contribution < 1.29 is 79.9 Å². The number of aliphatic hydroxyl groups excluding tert-OH is 11. The summed E-state index contributed by atoms with van der Waals surface area (Å²) in [6.07, 6.45) is -25.4. The van der Waals surface area contributed by atoms with Crippen molar-refractivity contribution in [2.24, 2.45) is 0 Å². The third kappa shape index (κ3) is 5.37. The monoisotopic (exact) mass is 504 g/mol. The van der Waals surface area contributed by atoms with Crippen molar-refractivity contribution in [3.05, 3.63) is 0 Å². The van der Waals surface area contributed by atoms with E-state index in [0.29, 0.717) is 0 Å². The molecular formula is C18H32O16. The smallest absolute Gasteiger partial charge is 0.187 e. The van der Waals surface area contributed by atoms with Gasteiger partial charge >= 0.3 is 0 Å². The molecule has 0 aromatic carbocycles. The lowest BCUT2D eigenvalue weighted by Gasteiger charge is -2.47. The number of hydrogen-bond acceptors (Lipinski definition) is 16. The number of aliphatic hydroxyl groups is 11. The largest absolute Gasteiger partial charge is 0.394 e. The van der Waals surface area contributed by atoms with E-state index in [1.165, 1.54) is 0 Å². The van der Waals surface area contributed by atoms with Crippen LogP contribution in [0, 0.1) is 0 Å². The lowest BCUT2D eigenvalue weighted by atomic mass is 9.96. The molecule has 200 valence electrons. The molecule has 3 aliphatic heterocycles. The van der Waals surface area contributed by atoms with Gasteiger partial charge in [-0.15, -0.1) is 0 Å². The van der Waals surface area contributed by atoms with Crippen LogP contribution in [0.4, 0.5) is 0 Å². The van der Waals surface area contributed by atoms with Gasteiger partial charge in [0.2, 0.25) is 0 Å². The summed E-state index contributed by atoms with van der Waals surface area (Å²) in [6, 6.07) is 0. The Hall–Kier alpha value is -0.640. The van der Waals surface area contributed by atoms with E-state index in [1.807, 2.05) is 0 Å². The molecule has 0 saturated carbocycles. The van der Waals surface area contributed by atoms with Gasteiger partial charge in [-0.3, -0.25) is 0 Å². The highest BCUT2D eigenvalue weighted by atomic mass is 16.8. The molecule has 0 amide bonds. The van der Waals surface area contributed by atoms with Crippen LogP contribution in [0.5, 0.6) is 0 Å². The van der Waals surface area contributed by atoms with Gasteiger partial charge in [-0.25, -0.2) is 0 Å². The van der Waals surface area contributed by atoms with Gasteiger partial charge < -0.3 is 79.9 Å². The Morgan fingerprint density at radius 3 is 1.26 bits per heavy atom. The number of ether oxygens (including phenoxy) is 5. The van der Waals surface area contributed by atoms with E-state index >= 15 is 0 Å². The van der Waals surface area contributed by atoms with Crippen LogP contribution in [0.15, 0.2) is 0 Å². The summed E-state index contributed by atoms with van der Waals surface area (Å²) >= 11 is 0. The van der Waals surface area contributed by atoms with Gasteiger partial charge in [-0.05, 0) is 0 Å². The minimum absolute atomic E-state index is 0.750. The molecule has 16 nitrogen and oxygen atoms in total. The highest BCUT2D eigenvalue weighted by molar-refractivity contribution is 4.96. The Morgan fingerprint density at radius 1 is 0.441 bits per heavy atom. The van der Waals surface area contributed by atoms with Gasteiger partial charge in [0.1, 0.15) is 73.2 Å². The maximum atomic E-state index is 10.8. The highest BCUT2D eigenvalue weighted by Crippen LogP contribution is 2.32. The lowest BCUT2D eigenvalue weighted by Crippen LogP contribution is -2.66. The Labute approximate surface area is 192 Å². The molecule has 34 heavy (non-hydrogen) atoms. The van der Waals surface area contributed by atoms with Gasteiger partial charge in [0.15, 0.2) is 18.9 Å². The fourth-order valence-electron chi connectivity index (χ4n) is 4.04. The summed E-state index contributed by atoms with van der Waals surface area (Å²) in [6.45, 7) is -2.31. The van der Waals surface area contributed by atoms with E-state index in [4.69, 9.17) is 23.7 Å². The molecule has 0 aromatic heterocycles. The van der Waals surface area contributed by atoms with E-state index in [0.717, 1.165) is 0 Å². The van der Waals surface area contributed by atoms with E-state index in [-0.39, 0.29) is 0 Å². The predicted octanol–water partition coefficient (Wildman–Crippen LogP) is -7.57. The standard InChI is InChI=1S/C18H32O16/c19-1-4-7(22)9(24)11(26)17(31-4)33-14-6(3-21)30-16(29)15(13(14)28)34-18-12(27)10(25)8(23)5(2-20)32-18/h4-29H,1-3H2/t4-,5-,6-,7-,8-,9+,10+,11-,12-,13+,14-,15-,16-,17-,18+/m1/s1. The van der Waals surface area contributed by atoms with Crippen LogP contribution in [0.1, 0.15) is 0 Å². The average molecular weight is 504 g/mol. The maximum absolute atomic E-state index is 10.8. The fraction of sp³-hybridized carbons (Fsp3) is 1.00. The van der Waals surface area contributed by atoms with Crippen molar-refractivity contribution in [3.63, 3.8) is 0 Å². The average Bonchev–Trinajstić information content (AvgIpc) is 2.82. The maximum Gasteiger partial charge on any atom is 0.187 e. The van der Waals surface area contributed by atoms with Crippen LogP contribution in [-0.4, -0.2) is 168 Å². The van der Waals surface area contributed by atoms with E-state index in [1.54, 1.807) is 0 Å². The minimum atomic E-state index is -1.92. The van der Waals surface area contributed by atoms with Crippen LogP contribution >= 0.6 is 0 Å². The van der Waals surface area contributed by atoms with Crippen molar-refractivity contribution in [1.82, 2.24) is 0 Å². The zero-order chi connectivity index (χ0) is 25.3. The third-order valence-electron chi connectivity index (χ3n) is 6.09. The summed E-state index contributed by atoms with van der Waals surface area (Å²) in [4.78, 5) is 0. The topological polar surface area (TPSA) is 269 Å². The second kappa shape index (κ2) is 11.6. The van der Waals surface area contributed by atoms with Crippen molar-refractivity contribution in [2.75, 3.05) is 19.8 Å². The zero-order valence-electron chi connectivity index (χ0n) is 17.7. The molecule has 0 unspecified atom stereocenters. The van der Waals surface area contributed by atoms with E-state index in [2.05, 4.69) is 0 Å². The number of rotatable bonds is 7. The summed E-state index contributed by atoms with van der Waals surface area (Å²) in [5.41, 5.74) is 0. The van der Waals surface area contributed by atoms with Gasteiger partial charge in [0.05, 0.1) is 19.8 Å². The highest BCUT2D eigenvalue weighted by Gasteiger charge is 2.53. The van der Waals surface area contributed by atoms with Crippen molar-refractivity contribution in [3.8, 4) is 0 Å². The van der Waals surface area contributed by atoms with Crippen LogP contribution < -0.4 is 0 Å². The minimum Gasteiger partial charge on any atom is -0.394 e. The quantitative estimate of drug-likeness (QED) is 0.154. The van der Waals surface area contributed by atoms with Gasteiger partial charge in [0, 0.05) is 0 Å². The molecule has 0 radical (unpaired) electrons. The second-order valence-corrected chi connectivity index (χ2v) is 8.33. The molecule has 15 atom stereocenters. The van der Waals surface area contributed by atoms with Gasteiger partial charge in [0.25, 0.3) is 0 Å². The molecule has 0 aliphatic carbocycles. The Kier molecular flexibility index (Phi) is 9.54. The molecule has 0 bridgehead atoms. The molecule has 3 fully saturated rings. The van der Waals surface area contributed by atoms with E-state index < -0.39 is 112 Å². The second-order valence-electron chi connectivity index (χ2n) is 8.33. The van der Waals surface area contributed by atoms with Crippen molar-refractivity contribution in [2.45, 2.75) is 92.1 Å². The van der Waals surface area contributed by atoms with Crippen LogP contribution in [0.25, 0.3) is 0 Å². The van der Waals surface area contributed by atoms with Crippen molar-refractivity contribution in [1.29, 1.82) is 0 Å². The first-order valence-electron chi connectivity index (χ1n) is 10.6. The summed E-state index contributed by atoms with van der Waals surface area (Å²) in [5, 5.41) is 109. The molecule has 0 spiro atoms. The molecule has 3 heterocycles. The van der Waals surface area contributed by atoms with Crippen molar-refractivity contribution >= 4 is 0 Å². The third-order valence-corrected chi connectivity index (χ3v) is 6.09. The number of hydrogen-bond donors (Lipinski definition) is 11. The molecular weight excluding hydrogens is 472 g/mol.